The van der Waals surface area contributed by atoms with Crippen LogP contribution in [0.3, 0.4) is 0 Å². The van der Waals surface area contributed by atoms with Gasteiger partial charge < -0.3 is 14.4 Å². The molecule has 28 heavy (non-hydrogen) atoms. The van der Waals surface area contributed by atoms with E-state index in [2.05, 4.69) is 20.8 Å². The number of rotatable bonds is 4. The maximum atomic E-state index is 12.6. The molecule has 148 valence electrons. The summed E-state index contributed by atoms with van der Waals surface area (Å²) in [5, 5.41) is 0.494. The second-order valence-corrected chi connectivity index (χ2v) is 8.35. The molecule has 0 spiro atoms. The van der Waals surface area contributed by atoms with Crippen molar-refractivity contribution >= 4 is 29.2 Å². The fourth-order valence-electron chi connectivity index (χ4n) is 3.19. The first-order valence-electron chi connectivity index (χ1n) is 9.15. The number of esters is 1. The Hall–Kier alpha value is -2.53. The Bertz CT molecular complexity index is 886. The van der Waals surface area contributed by atoms with Gasteiger partial charge in [-0.15, -0.1) is 0 Å². The van der Waals surface area contributed by atoms with Crippen LogP contribution in [0.15, 0.2) is 42.5 Å². The molecular formula is C22H24ClNO4. The zero-order valence-corrected chi connectivity index (χ0v) is 17.2. The van der Waals surface area contributed by atoms with Crippen molar-refractivity contribution in [2.45, 2.75) is 32.6 Å². The van der Waals surface area contributed by atoms with Gasteiger partial charge in [-0.1, -0.05) is 44.5 Å². The van der Waals surface area contributed by atoms with E-state index in [-0.39, 0.29) is 24.3 Å². The van der Waals surface area contributed by atoms with E-state index >= 15 is 0 Å². The molecule has 1 fully saturated rings. The minimum absolute atomic E-state index is 0.0247. The first-order chi connectivity index (χ1) is 13.2. The molecule has 1 heterocycles. The minimum atomic E-state index is -0.543. The van der Waals surface area contributed by atoms with Gasteiger partial charge in [0.2, 0.25) is 5.91 Å². The third kappa shape index (κ3) is 4.30. The molecule has 5 nitrogen and oxygen atoms in total. The largest absolute Gasteiger partial charge is 0.495 e. The third-order valence-electron chi connectivity index (χ3n) is 4.83. The number of methoxy groups -OCH3 is 1. The van der Waals surface area contributed by atoms with Crippen LogP contribution in [0, 0.1) is 5.92 Å². The number of halogens is 1. The summed E-state index contributed by atoms with van der Waals surface area (Å²) < 4.78 is 10.8. The number of hydrogen-bond acceptors (Lipinski definition) is 4. The number of carbonyl (C=O) groups is 2. The van der Waals surface area contributed by atoms with Crippen LogP contribution in [0.1, 0.15) is 32.8 Å². The van der Waals surface area contributed by atoms with E-state index in [0.29, 0.717) is 22.2 Å². The maximum absolute atomic E-state index is 12.6. The van der Waals surface area contributed by atoms with Crippen molar-refractivity contribution in [3.05, 3.63) is 53.1 Å². The SMILES string of the molecule is COc1ccc(Cl)cc1N1C[C@H](C(=O)Oc2ccc(C(C)(C)C)cc2)CC1=O. The van der Waals surface area contributed by atoms with E-state index < -0.39 is 11.9 Å². The highest BCUT2D eigenvalue weighted by atomic mass is 35.5. The van der Waals surface area contributed by atoms with E-state index in [1.807, 2.05) is 12.1 Å². The van der Waals surface area contributed by atoms with Crippen molar-refractivity contribution in [3.8, 4) is 11.5 Å². The molecule has 1 saturated heterocycles. The summed E-state index contributed by atoms with van der Waals surface area (Å²) in [6, 6.07) is 12.5. The van der Waals surface area contributed by atoms with Crippen molar-refractivity contribution in [2.75, 3.05) is 18.6 Å². The molecule has 3 rings (SSSR count). The van der Waals surface area contributed by atoms with Crippen molar-refractivity contribution in [3.63, 3.8) is 0 Å². The predicted octanol–water partition coefficient (Wildman–Crippen LogP) is 4.60. The summed E-state index contributed by atoms with van der Waals surface area (Å²) in [5.41, 5.74) is 1.74. The van der Waals surface area contributed by atoms with Crippen LogP contribution in [0.4, 0.5) is 5.69 Å². The second-order valence-electron chi connectivity index (χ2n) is 7.92. The van der Waals surface area contributed by atoms with Crippen LogP contribution in [-0.4, -0.2) is 25.5 Å². The fraction of sp³-hybridized carbons (Fsp3) is 0.364. The van der Waals surface area contributed by atoms with E-state index in [1.54, 1.807) is 30.3 Å². The normalized spacial score (nSPS) is 17.0. The number of hydrogen-bond donors (Lipinski definition) is 0. The zero-order valence-electron chi connectivity index (χ0n) is 16.5. The molecule has 1 aliphatic heterocycles. The van der Waals surface area contributed by atoms with Crippen LogP contribution < -0.4 is 14.4 Å². The van der Waals surface area contributed by atoms with Crippen LogP contribution in [0.2, 0.25) is 5.02 Å². The van der Waals surface area contributed by atoms with Gasteiger partial charge in [0.05, 0.1) is 18.7 Å². The number of anilines is 1. The number of amides is 1. The van der Waals surface area contributed by atoms with Crippen molar-refractivity contribution < 1.29 is 19.1 Å². The summed E-state index contributed by atoms with van der Waals surface area (Å²) in [7, 11) is 1.53. The average molecular weight is 402 g/mol. The Labute approximate surface area is 170 Å². The quantitative estimate of drug-likeness (QED) is 0.554. The van der Waals surface area contributed by atoms with Gasteiger partial charge in [0.25, 0.3) is 0 Å². The molecule has 0 aliphatic carbocycles. The fourth-order valence-corrected chi connectivity index (χ4v) is 3.36. The van der Waals surface area contributed by atoms with Gasteiger partial charge in [-0.2, -0.15) is 0 Å². The molecule has 1 aliphatic rings. The Morgan fingerprint density at radius 3 is 2.43 bits per heavy atom. The van der Waals surface area contributed by atoms with Crippen LogP contribution >= 0.6 is 11.6 Å². The van der Waals surface area contributed by atoms with E-state index in [4.69, 9.17) is 21.1 Å². The Morgan fingerprint density at radius 2 is 1.82 bits per heavy atom. The summed E-state index contributed by atoms with van der Waals surface area (Å²) in [5.74, 6) is -0.113. The lowest BCUT2D eigenvalue weighted by Crippen LogP contribution is -2.27. The zero-order chi connectivity index (χ0) is 20.5. The topological polar surface area (TPSA) is 55.8 Å². The van der Waals surface area contributed by atoms with Gasteiger partial charge in [0, 0.05) is 18.0 Å². The molecular weight excluding hydrogens is 378 g/mol. The van der Waals surface area contributed by atoms with Crippen molar-refractivity contribution in [2.24, 2.45) is 5.92 Å². The molecule has 6 heteroatoms. The Kier molecular flexibility index (Phi) is 5.66. The first-order valence-corrected chi connectivity index (χ1v) is 9.53. The van der Waals surface area contributed by atoms with Gasteiger partial charge in [0.15, 0.2) is 0 Å². The van der Waals surface area contributed by atoms with Gasteiger partial charge in [-0.25, -0.2) is 0 Å². The van der Waals surface area contributed by atoms with Gasteiger partial charge in [-0.05, 0) is 41.3 Å². The third-order valence-corrected chi connectivity index (χ3v) is 5.06. The maximum Gasteiger partial charge on any atom is 0.316 e. The lowest BCUT2D eigenvalue weighted by Gasteiger charge is -2.20. The molecule has 0 saturated carbocycles. The monoisotopic (exact) mass is 401 g/mol. The first kappa shape index (κ1) is 20.2. The summed E-state index contributed by atoms with van der Waals surface area (Å²) in [4.78, 5) is 26.6. The number of carbonyl (C=O) groups excluding carboxylic acids is 2. The molecule has 0 aromatic heterocycles. The van der Waals surface area contributed by atoms with Gasteiger partial charge >= 0.3 is 5.97 Å². The summed E-state index contributed by atoms with van der Waals surface area (Å²) in [6.07, 6.45) is 0.0918. The van der Waals surface area contributed by atoms with E-state index in [9.17, 15) is 9.59 Å². The molecule has 0 unspecified atom stereocenters. The average Bonchev–Trinajstić information content (AvgIpc) is 3.03. The van der Waals surface area contributed by atoms with Crippen molar-refractivity contribution in [1.82, 2.24) is 0 Å². The van der Waals surface area contributed by atoms with Gasteiger partial charge in [-0.3, -0.25) is 9.59 Å². The number of ether oxygens (including phenoxy) is 2. The Balaban J connectivity index is 1.71. The van der Waals surface area contributed by atoms with Crippen LogP contribution in [0.25, 0.3) is 0 Å². The summed E-state index contributed by atoms with van der Waals surface area (Å²) >= 11 is 6.07. The smallest absolute Gasteiger partial charge is 0.316 e. The van der Waals surface area contributed by atoms with Crippen LogP contribution in [-0.2, 0) is 15.0 Å². The van der Waals surface area contributed by atoms with E-state index in [0.717, 1.165) is 5.56 Å². The lowest BCUT2D eigenvalue weighted by molar-refractivity contribution is -0.139. The highest BCUT2D eigenvalue weighted by molar-refractivity contribution is 6.31. The predicted molar refractivity (Wildman–Crippen MR) is 109 cm³/mol. The molecule has 0 radical (unpaired) electrons. The Morgan fingerprint density at radius 1 is 1.14 bits per heavy atom. The van der Waals surface area contributed by atoms with Gasteiger partial charge in [0.1, 0.15) is 11.5 Å². The highest BCUT2D eigenvalue weighted by Crippen LogP contribution is 2.35. The molecule has 1 amide bonds. The van der Waals surface area contributed by atoms with E-state index in [1.165, 1.54) is 12.0 Å². The minimum Gasteiger partial charge on any atom is -0.495 e. The standard InChI is InChI=1S/C22H24ClNO4/c1-22(2,3)15-5-8-17(9-6-15)28-21(26)14-11-20(25)24(13-14)18-12-16(23)7-10-19(18)27-4/h5-10,12,14H,11,13H2,1-4H3/t14-/m1/s1. The molecule has 1 atom stereocenters. The molecule has 0 N–H and O–H groups in total. The number of nitrogens with zero attached hydrogens (tertiary/aromatic N) is 1. The molecule has 2 aromatic rings. The summed E-state index contributed by atoms with van der Waals surface area (Å²) in [6.45, 7) is 6.60. The molecule has 0 bridgehead atoms. The second kappa shape index (κ2) is 7.84. The van der Waals surface area contributed by atoms with Crippen molar-refractivity contribution in [1.29, 1.82) is 0 Å². The molecule has 2 aromatic carbocycles. The lowest BCUT2D eigenvalue weighted by atomic mass is 9.87. The highest BCUT2D eigenvalue weighted by Gasteiger charge is 2.37. The van der Waals surface area contributed by atoms with Crippen LogP contribution in [0.5, 0.6) is 11.5 Å². The number of benzene rings is 2.